The summed E-state index contributed by atoms with van der Waals surface area (Å²) in [6.45, 7) is 8.97. The second-order valence-electron chi connectivity index (χ2n) is 11.6. The van der Waals surface area contributed by atoms with Crippen LogP contribution in [0.3, 0.4) is 0 Å². The molecule has 0 bridgehead atoms. The maximum atomic E-state index is 11.7. The largest absolute Gasteiger partial charge is 0.469 e. The van der Waals surface area contributed by atoms with Gasteiger partial charge >= 0.3 is 11.9 Å². The maximum absolute atomic E-state index is 11.7. The molecule has 4 rings (SSSR count). The lowest BCUT2D eigenvalue weighted by atomic mass is 9.47. The molecule has 4 nitrogen and oxygen atoms in total. The number of carbonyl (C=O) groups excluding carboxylic acids is 2. The third-order valence-electron chi connectivity index (χ3n) is 10.2. The number of hydrogen-bond donors (Lipinski definition) is 0. The highest BCUT2D eigenvalue weighted by Crippen LogP contribution is 2.67. The van der Waals surface area contributed by atoms with Crippen molar-refractivity contribution in [3.05, 3.63) is 11.6 Å². The summed E-state index contributed by atoms with van der Waals surface area (Å²) in [6, 6.07) is 0. The molecule has 4 aliphatic carbocycles. The summed E-state index contributed by atoms with van der Waals surface area (Å²) in [7, 11) is 1.49. The Morgan fingerprint density at radius 1 is 1.13 bits per heavy atom. The summed E-state index contributed by atoms with van der Waals surface area (Å²) >= 11 is 0. The fraction of sp³-hybridized carbons (Fsp3) is 0.852. The van der Waals surface area contributed by atoms with E-state index < -0.39 is 0 Å². The number of fused-ring (bicyclic) bond motifs is 5. The van der Waals surface area contributed by atoms with E-state index in [0.717, 1.165) is 49.4 Å². The molecule has 3 fully saturated rings. The van der Waals surface area contributed by atoms with Gasteiger partial charge in [-0.3, -0.25) is 9.59 Å². The molecule has 0 aromatic carbocycles. The van der Waals surface area contributed by atoms with Gasteiger partial charge in [-0.25, -0.2) is 0 Å². The van der Waals surface area contributed by atoms with E-state index >= 15 is 0 Å². The minimum absolute atomic E-state index is 0.0718. The molecule has 0 aliphatic heterocycles. The van der Waals surface area contributed by atoms with Gasteiger partial charge in [0.25, 0.3) is 0 Å². The van der Waals surface area contributed by atoms with E-state index in [-0.39, 0.29) is 23.5 Å². The zero-order valence-electron chi connectivity index (χ0n) is 20.2. The predicted molar refractivity (Wildman–Crippen MR) is 121 cm³/mol. The molecule has 31 heavy (non-hydrogen) atoms. The average molecular weight is 431 g/mol. The van der Waals surface area contributed by atoms with Crippen molar-refractivity contribution in [3.63, 3.8) is 0 Å². The van der Waals surface area contributed by atoms with Crippen molar-refractivity contribution in [2.75, 3.05) is 7.11 Å². The fourth-order valence-electron chi connectivity index (χ4n) is 8.59. The third kappa shape index (κ3) is 3.97. The second-order valence-corrected chi connectivity index (χ2v) is 11.6. The van der Waals surface area contributed by atoms with Gasteiger partial charge in [0.1, 0.15) is 6.10 Å². The Morgan fingerprint density at radius 3 is 2.61 bits per heavy atom. The Labute approximate surface area is 188 Å². The van der Waals surface area contributed by atoms with E-state index in [9.17, 15) is 9.59 Å². The molecule has 0 amide bonds. The highest BCUT2D eigenvalue weighted by molar-refractivity contribution is 5.69. The molecule has 174 valence electrons. The highest BCUT2D eigenvalue weighted by atomic mass is 16.5. The van der Waals surface area contributed by atoms with E-state index in [1.54, 1.807) is 5.57 Å². The first-order valence-electron chi connectivity index (χ1n) is 12.6. The summed E-state index contributed by atoms with van der Waals surface area (Å²) in [5.74, 6) is 3.45. The van der Waals surface area contributed by atoms with Crippen LogP contribution in [0.4, 0.5) is 0 Å². The molecule has 0 aromatic rings. The smallest absolute Gasteiger partial charge is 0.305 e. The first-order chi connectivity index (χ1) is 14.7. The van der Waals surface area contributed by atoms with Crippen molar-refractivity contribution in [2.24, 2.45) is 40.4 Å². The number of carbonyl (C=O) groups is 2. The molecule has 0 heterocycles. The Balaban J connectivity index is 1.48. The lowest BCUT2D eigenvalue weighted by Gasteiger charge is -2.58. The van der Waals surface area contributed by atoms with Crippen LogP contribution >= 0.6 is 0 Å². The Morgan fingerprint density at radius 2 is 1.90 bits per heavy atom. The van der Waals surface area contributed by atoms with Crippen LogP contribution in [-0.4, -0.2) is 25.2 Å². The van der Waals surface area contributed by atoms with Crippen LogP contribution in [0.25, 0.3) is 0 Å². The van der Waals surface area contributed by atoms with Crippen molar-refractivity contribution in [1.82, 2.24) is 0 Å². The minimum Gasteiger partial charge on any atom is -0.469 e. The molecule has 0 N–H and O–H groups in total. The summed E-state index contributed by atoms with van der Waals surface area (Å²) in [4.78, 5) is 23.1. The summed E-state index contributed by atoms with van der Waals surface area (Å²) in [5.41, 5.74) is 2.26. The Bertz CT molecular complexity index is 742. The van der Waals surface area contributed by atoms with Crippen LogP contribution in [0.5, 0.6) is 0 Å². The number of hydrogen-bond acceptors (Lipinski definition) is 4. The highest BCUT2D eigenvalue weighted by Gasteiger charge is 2.59. The van der Waals surface area contributed by atoms with Gasteiger partial charge in [0.15, 0.2) is 0 Å². The summed E-state index contributed by atoms with van der Waals surface area (Å²) in [6.07, 6.45) is 13.7. The van der Waals surface area contributed by atoms with Crippen LogP contribution < -0.4 is 0 Å². The van der Waals surface area contributed by atoms with Gasteiger partial charge in [-0.05, 0) is 91.8 Å². The van der Waals surface area contributed by atoms with Gasteiger partial charge in [0.05, 0.1) is 7.11 Å². The van der Waals surface area contributed by atoms with E-state index in [4.69, 9.17) is 9.47 Å². The molecular formula is C27H42O4. The molecule has 0 saturated heterocycles. The van der Waals surface area contributed by atoms with Gasteiger partial charge in [0, 0.05) is 19.8 Å². The van der Waals surface area contributed by atoms with Gasteiger partial charge in [-0.15, -0.1) is 0 Å². The molecule has 8 atom stereocenters. The van der Waals surface area contributed by atoms with E-state index in [0.29, 0.717) is 17.8 Å². The number of esters is 2. The molecule has 1 unspecified atom stereocenters. The predicted octanol–water partition coefficient (Wildman–Crippen LogP) is 6.09. The minimum atomic E-state index is -0.144. The third-order valence-corrected chi connectivity index (χ3v) is 10.2. The van der Waals surface area contributed by atoms with Crippen molar-refractivity contribution >= 4 is 11.9 Å². The number of allylic oxidation sites excluding steroid dienone is 1. The fourth-order valence-corrected chi connectivity index (χ4v) is 8.59. The van der Waals surface area contributed by atoms with Gasteiger partial charge in [0.2, 0.25) is 0 Å². The SMILES string of the molecule is COC(=O)CC[C@@H](C)[C@H]1CC[C@H]2[C@@H]3CC=C4CC(OC(C)=O)CC[C@]4(C)[C@H]3CC[C@]12C. The van der Waals surface area contributed by atoms with Gasteiger partial charge in [-0.1, -0.05) is 32.4 Å². The van der Waals surface area contributed by atoms with Crippen molar-refractivity contribution < 1.29 is 19.1 Å². The standard InChI is InChI=1S/C27H42O4/c1-17(6-11-25(29)30-5)22-9-10-23-21-8-7-19-16-20(31-18(2)28)12-14-26(19,3)24(21)13-15-27(22,23)4/h7,17,20-24H,6,8-16H2,1-5H3/t17-,20?,21+,22-,23+,24+,26+,27-/m1/s1. The molecule has 4 heteroatoms. The zero-order chi connectivity index (χ0) is 22.4. The molecule has 3 saturated carbocycles. The van der Waals surface area contributed by atoms with Crippen LogP contribution in [0, 0.1) is 40.4 Å². The zero-order valence-corrected chi connectivity index (χ0v) is 20.2. The average Bonchev–Trinajstić information content (AvgIpc) is 3.09. The van der Waals surface area contributed by atoms with Crippen LogP contribution in [0.1, 0.15) is 91.9 Å². The second kappa shape index (κ2) is 8.56. The number of methoxy groups -OCH3 is 1. The Kier molecular flexibility index (Phi) is 6.31. The first-order valence-corrected chi connectivity index (χ1v) is 12.6. The summed E-state index contributed by atoms with van der Waals surface area (Å²) in [5, 5.41) is 0. The van der Waals surface area contributed by atoms with Gasteiger partial charge < -0.3 is 9.47 Å². The monoisotopic (exact) mass is 430 g/mol. The van der Waals surface area contributed by atoms with Crippen LogP contribution in [0.15, 0.2) is 11.6 Å². The van der Waals surface area contributed by atoms with E-state index in [2.05, 4.69) is 26.8 Å². The molecule has 4 aliphatic rings. The molecule has 0 aromatic heterocycles. The molecular weight excluding hydrogens is 388 g/mol. The van der Waals surface area contributed by atoms with Crippen molar-refractivity contribution in [2.45, 2.75) is 98.0 Å². The van der Waals surface area contributed by atoms with Crippen LogP contribution in [0.2, 0.25) is 0 Å². The summed E-state index contributed by atoms with van der Waals surface area (Å²) < 4.78 is 10.5. The number of ether oxygens (including phenoxy) is 2. The topological polar surface area (TPSA) is 52.6 Å². The lowest BCUT2D eigenvalue weighted by molar-refractivity contribution is -0.148. The van der Waals surface area contributed by atoms with Crippen molar-refractivity contribution in [1.29, 1.82) is 0 Å². The molecule has 0 radical (unpaired) electrons. The normalized spacial score (nSPS) is 42.5. The Hall–Kier alpha value is -1.32. The quantitative estimate of drug-likeness (QED) is 0.391. The van der Waals surface area contributed by atoms with Crippen LogP contribution in [-0.2, 0) is 19.1 Å². The van der Waals surface area contributed by atoms with E-state index in [1.165, 1.54) is 46.1 Å². The maximum Gasteiger partial charge on any atom is 0.305 e. The lowest BCUT2D eigenvalue weighted by Crippen LogP contribution is -2.51. The first kappa shape index (κ1) is 22.9. The van der Waals surface area contributed by atoms with E-state index in [1.807, 2.05) is 0 Å². The van der Waals surface area contributed by atoms with Crippen molar-refractivity contribution in [3.8, 4) is 0 Å². The van der Waals surface area contributed by atoms with Gasteiger partial charge in [-0.2, -0.15) is 0 Å². The molecule has 0 spiro atoms. The number of rotatable bonds is 5.